The smallest absolute Gasteiger partial charge is 0.272 e. The van der Waals surface area contributed by atoms with Crippen molar-refractivity contribution in [1.82, 2.24) is 15.6 Å². The van der Waals surface area contributed by atoms with Crippen molar-refractivity contribution in [3.8, 4) is 5.88 Å². The van der Waals surface area contributed by atoms with Crippen LogP contribution < -0.4 is 15.4 Å². The number of alkyl halides is 2. The van der Waals surface area contributed by atoms with E-state index in [4.69, 9.17) is 4.74 Å². The second-order valence-electron chi connectivity index (χ2n) is 3.90. The van der Waals surface area contributed by atoms with Gasteiger partial charge >= 0.3 is 0 Å². The minimum atomic E-state index is -2.52. The second kappa shape index (κ2) is 9.06. The van der Waals surface area contributed by atoms with E-state index in [2.05, 4.69) is 20.6 Å². The van der Waals surface area contributed by atoms with Crippen molar-refractivity contribution < 1.29 is 13.5 Å². The van der Waals surface area contributed by atoms with Gasteiger partial charge in [-0.2, -0.15) is 0 Å². The van der Waals surface area contributed by atoms with Gasteiger partial charge in [-0.15, -0.1) is 0 Å². The van der Waals surface area contributed by atoms with Crippen LogP contribution >= 0.6 is 0 Å². The average Bonchev–Trinajstić information content (AvgIpc) is 2.44. The zero-order valence-electron chi connectivity index (χ0n) is 11.7. The third-order valence-electron chi connectivity index (χ3n) is 2.29. The molecule has 5 nitrogen and oxygen atoms in total. The fourth-order valence-electron chi connectivity index (χ4n) is 1.49. The maximum absolute atomic E-state index is 12.2. The molecule has 0 saturated heterocycles. The van der Waals surface area contributed by atoms with Gasteiger partial charge in [-0.1, -0.05) is 6.07 Å². The van der Waals surface area contributed by atoms with Gasteiger partial charge < -0.3 is 15.4 Å². The Morgan fingerprint density at radius 2 is 2.05 bits per heavy atom. The molecule has 112 valence electrons. The highest BCUT2D eigenvalue weighted by atomic mass is 19.3. The molecule has 20 heavy (non-hydrogen) atoms. The standard InChI is InChI=1S/C13H20F2N4O/c1-3-16-13(17-4-2)19-8-10-6-5-7-18-12(10)20-9-11(14)15/h5-7,11H,3-4,8-9H2,1-2H3,(H2,16,17,19). The molecule has 2 N–H and O–H groups in total. The van der Waals surface area contributed by atoms with Gasteiger partial charge in [-0.3, -0.25) is 0 Å². The summed E-state index contributed by atoms with van der Waals surface area (Å²) >= 11 is 0. The maximum atomic E-state index is 12.2. The summed E-state index contributed by atoms with van der Waals surface area (Å²) in [5.74, 6) is 0.863. The minimum absolute atomic E-state index is 0.198. The Morgan fingerprint density at radius 1 is 1.35 bits per heavy atom. The third-order valence-corrected chi connectivity index (χ3v) is 2.29. The lowest BCUT2D eigenvalue weighted by atomic mass is 10.3. The predicted molar refractivity (Wildman–Crippen MR) is 74.2 cm³/mol. The molecular formula is C13H20F2N4O. The van der Waals surface area contributed by atoms with Crippen LogP contribution in [0.3, 0.4) is 0 Å². The van der Waals surface area contributed by atoms with Crippen LogP contribution in [0.1, 0.15) is 19.4 Å². The highest BCUT2D eigenvalue weighted by molar-refractivity contribution is 5.79. The number of rotatable bonds is 7. The second-order valence-corrected chi connectivity index (χ2v) is 3.90. The summed E-state index contributed by atoms with van der Waals surface area (Å²) in [5, 5.41) is 6.16. The van der Waals surface area contributed by atoms with Crippen molar-refractivity contribution in [2.75, 3.05) is 19.7 Å². The first-order valence-corrected chi connectivity index (χ1v) is 6.54. The average molecular weight is 286 g/mol. The van der Waals surface area contributed by atoms with Crippen LogP contribution in [0, 0.1) is 0 Å². The normalized spacial score (nSPS) is 10.2. The lowest BCUT2D eigenvalue weighted by Crippen LogP contribution is -2.37. The van der Waals surface area contributed by atoms with Crippen molar-refractivity contribution in [3.05, 3.63) is 23.9 Å². The molecule has 0 bridgehead atoms. The number of ether oxygens (including phenoxy) is 1. The Morgan fingerprint density at radius 3 is 2.65 bits per heavy atom. The minimum Gasteiger partial charge on any atom is -0.471 e. The SMILES string of the molecule is CCNC(=NCc1cccnc1OCC(F)F)NCC. The zero-order valence-corrected chi connectivity index (χ0v) is 11.7. The molecule has 0 atom stereocenters. The maximum Gasteiger partial charge on any atom is 0.272 e. The van der Waals surface area contributed by atoms with Crippen molar-refractivity contribution in [2.45, 2.75) is 26.8 Å². The van der Waals surface area contributed by atoms with Crippen molar-refractivity contribution in [3.63, 3.8) is 0 Å². The molecule has 0 unspecified atom stereocenters. The molecule has 0 aliphatic carbocycles. The van der Waals surface area contributed by atoms with Gasteiger partial charge in [0, 0.05) is 24.8 Å². The van der Waals surface area contributed by atoms with Gasteiger partial charge in [-0.25, -0.2) is 18.8 Å². The zero-order chi connectivity index (χ0) is 14.8. The Kier molecular flexibility index (Phi) is 7.31. The number of halogens is 2. The number of aliphatic imine (C=N–C) groups is 1. The monoisotopic (exact) mass is 286 g/mol. The number of nitrogens with one attached hydrogen (secondary N) is 2. The summed E-state index contributed by atoms with van der Waals surface area (Å²) in [4.78, 5) is 8.30. The number of guanidine groups is 1. The van der Waals surface area contributed by atoms with Crippen LogP contribution in [0.4, 0.5) is 8.78 Å². The highest BCUT2D eigenvalue weighted by Gasteiger charge is 2.08. The van der Waals surface area contributed by atoms with Gasteiger partial charge in [0.15, 0.2) is 12.6 Å². The van der Waals surface area contributed by atoms with Crippen LogP contribution in [0.15, 0.2) is 23.3 Å². The molecule has 0 spiro atoms. The van der Waals surface area contributed by atoms with Crippen LogP contribution in [-0.2, 0) is 6.54 Å². The van der Waals surface area contributed by atoms with Crippen molar-refractivity contribution in [1.29, 1.82) is 0 Å². The van der Waals surface area contributed by atoms with E-state index in [9.17, 15) is 8.78 Å². The summed E-state index contributed by atoms with van der Waals surface area (Å²) in [6.45, 7) is 5.06. The first-order chi connectivity index (χ1) is 9.67. The Balaban J connectivity index is 2.72. The number of hydrogen-bond acceptors (Lipinski definition) is 3. The largest absolute Gasteiger partial charge is 0.471 e. The summed E-state index contributed by atoms with van der Waals surface area (Å²) in [7, 11) is 0. The van der Waals surface area contributed by atoms with E-state index in [1.807, 2.05) is 13.8 Å². The van der Waals surface area contributed by atoms with E-state index in [0.717, 1.165) is 13.1 Å². The van der Waals surface area contributed by atoms with E-state index >= 15 is 0 Å². The lowest BCUT2D eigenvalue weighted by Gasteiger charge is -2.11. The topological polar surface area (TPSA) is 58.5 Å². The fourth-order valence-corrected chi connectivity index (χ4v) is 1.49. The Labute approximate surface area is 117 Å². The van der Waals surface area contributed by atoms with Crippen LogP contribution in [0.5, 0.6) is 5.88 Å². The van der Waals surface area contributed by atoms with Gasteiger partial charge in [0.25, 0.3) is 6.43 Å². The molecule has 0 fully saturated rings. The van der Waals surface area contributed by atoms with Gasteiger partial charge in [-0.05, 0) is 19.9 Å². The van der Waals surface area contributed by atoms with Crippen LogP contribution in [0.2, 0.25) is 0 Å². The van der Waals surface area contributed by atoms with E-state index in [-0.39, 0.29) is 5.88 Å². The summed E-state index contributed by atoms with van der Waals surface area (Å²) in [5.41, 5.74) is 0.668. The van der Waals surface area contributed by atoms with Gasteiger partial charge in [0.1, 0.15) is 0 Å². The number of hydrogen-bond donors (Lipinski definition) is 2. The lowest BCUT2D eigenvalue weighted by molar-refractivity contribution is 0.0791. The number of pyridine rings is 1. The summed E-state index contributed by atoms with van der Waals surface area (Å²) < 4.78 is 29.3. The molecule has 0 saturated carbocycles. The first-order valence-electron chi connectivity index (χ1n) is 6.54. The molecule has 1 aromatic heterocycles. The number of aromatic nitrogens is 1. The van der Waals surface area contributed by atoms with Gasteiger partial charge in [0.2, 0.25) is 5.88 Å². The molecule has 1 heterocycles. The van der Waals surface area contributed by atoms with E-state index in [1.165, 1.54) is 6.20 Å². The first kappa shape index (κ1) is 16.1. The quantitative estimate of drug-likeness (QED) is 0.593. The molecule has 0 aromatic carbocycles. The van der Waals surface area contributed by atoms with E-state index in [0.29, 0.717) is 18.1 Å². The summed E-state index contributed by atoms with van der Waals surface area (Å²) in [6, 6.07) is 3.48. The molecular weight excluding hydrogens is 266 g/mol. The van der Waals surface area contributed by atoms with Crippen LogP contribution in [0.25, 0.3) is 0 Å². The summed E-state index contributed by atoms with van der Waals surface area (Å²) in [6.07, 6.45) is -1.02. The molecule has 1 aromatic rings. The van der Waals surface area contributed by atoms with E-state index in [1.54, 1.807) is 12.1 Å². The van der Waals surface area contributed by atoms with Crippen molar-refractivity contribution >= 4 is 5.96 Å². The molecule has 0 aliphatic heterocycles. The molecule has 0 radical (unpaired) electrons. The third kappa shape index (κ3) is 5.81. The van der Waals surface area contributed by atoms with Crippen molar-refractivity contribution in [2.24, 2.45) is 4.99 Å². The molecule has 0 aliphatic rings. The molecule has 7 heteroatoms. The fraction of sp³-hybridized carbons (Fsp3) is 0.538. The molecule has 1 rings (SSSR count). The Bertz CT molecular complexity index is 419. The van der Waals surface area contributed by atoms with Crippen LogP contribution in [-0.4, -0.2) is 37.1 Å². The number of nitrogens with zero attached hydrogens (tertiary/aromatic N) is 2. The predicted octanol–water partition coefficient (Wildman–Crippen LogP) is 1.80. The molecule has 0 amide bonds. The Hall–Kier alpha value is -1.92. The van der Waals surface area contributed by atoms with E-state index < -0.39 is 13.0 Å². The van der Waals surface area contributed by atoms with Gasteiger partial charge in [0.05, 0.1) is 6.54 Å². The highest BCUT2D eigenvalue weighted by Crippen LogP contribution is 2.16.